The van der Waals surface area contributed by atoms with Crippen molar-refractivity contribution in [3.05, 3.63) is 77.9 Å². The van der Waals surface area contributed by atoms with Gasteiger partial charge in [-0.2, -0.15) is 0 Å². The maximum atomic E-state index is 12.4. The fourth-order valence-electron chi connectivity index (χ4n) is 3.49. The third kappa shape index (κ3) is 2.47. The van der Waals surface area contributed by atoms with Crippen molar-refractivity contribution in [2.24, 2.45) is 0 Å². The van der Waals surface area contributed by atoms with E-state index in [0.717, 1.165) is 21.9 Å². The van der Waals surface area contributed by atoms with E-state index in [0.29, 0.717) is 16.9 Å². The van der Waals surface area contributed by atoms with Crippen LogP contribution in [0.1, 0.15) is 20.7 Å². The van der Waals surface area contributed by atoms with Crippen molar-refractivity contribution in [1.29, 1.82) is 0 Å². The molecule has 132 valence electrons. The smallest absolute Gasteiger partial charge is 0.261 e. The third-order valence-corrected chi connectivity index (χ3v) is 4.81. The molecule has 0 atom stereocenters. The van der Waals surface area contributed by atoms with E-state index in [-0.39, 0.29) is 25.0 Å². The van der Waals surface area contributed by atoms with Gasteiger partial charge in [0.2, 0.25) is 0 Å². The average Bonchev–Trinajstić information content (AvgIpc) is 3.19. The third-order valence-electron chi connectivity index (χ3n) is 4.81. The Labute approximate surface area is 154 Å². The van der Waals surface area contributed by atoms with Gasteiger partial charge in [-0.1, -0.05) is 30.3 Å². The van der Waals surface area contributed by atoms with Crippen LogP contribution in [0.25, 0.3) is 21.9 Å². The normalized spacial score (nSPS) is 13.6. The first-order valence-corrected chi connectivity index (χ1v) is 8.72. The van der Waals surface area contributed by atoms with Gasteiger partial charge in [0.25, 0.3) is 11.8 Å². The Kier molecular flexibility index (Phi) is 3.47. The van der Waals surface area contributed by atoms with Crippen LogP contribution >= 0.6 is 0 Å². The molecule has 0 saturated carbocycles. The van der Waals surface area contributed by atoms with E-state index in [1.807, 2.05) is 42.5 Å². The molecule has 0 saturated heterocycles. The lowest BCUT2D eigenvalue weighted by atomic mass is 10.1. The number of carbonyl (C=O) groups excluding carboxylic acids is 2. The van der Waals surface area contributed by atoms with Gasteiger partial charge in [0.15, 0.2) is 0 Å². The van der Waals surface area contributed by atoms with Gasteiger partial charge < -0.3 is 9.15 Å². The van der Waals surface area contributed by atoms with Gasteiger partial charge in [-0.25, -0.2) is 0 Å². The van der Waals surface area contributed by atoms with Crippen molar-refractivity contribution in [2.75, 3.05) is 13.2 Å². The number of para-hydroxylation sites is 1. The molecule has 4 aromatic rings. The van der Waals surface area contributed by atoms with E-state index in [4.69, 9.17) is 9.15 Å². The Morgan fingerprint density at radius 1 is 0.778 bits per heavy atom. The van der Waals surface area contributed by atoms with Crippen LogP contribution in [0.15, 0.2) is 71.1 Å². The van der Waals surface area contributed by atoms with Gasteiger partial charge >= 0.3 is 0 Å². The van der Waals surface area contributed by atoms with Crippen LogP contribution in [-0.4, -0.2) is 29.9 Å². The zero-order valence-corrected chi connectivity index (χ0v) is 14.3. The second kappa shape index (κ2) is 5.99. The minimum absolute atomic E-state index is 0.205. The summed E-state index contributed by atoms with van der Waals surface area (Å²) in [7, 11) is 0. The quantitative estimate of drug-likeness (QED) is 0.512. The van der Waals surface area contributed by atoms with Crippen LogP contribution in [0.3, 0.4) is 0 Å². The van der Waals surface area contributed by atoms with E-state index in [2.05, 4.69) is 0 Å². The fraction of sp³-hybridized carbons (Fsp3) is 0.0909. The summed E-state index contributed by atoms with van der Waals surface area (Å²) in [5, 5.41) is 2.00. The van der Waals surface area contributed by atoms with Crippen LogP contribution < -0.4 is 4.74 Å². The lowest BCUT2D eigenvalue weighted by Crippen LogP contribution is -2.33. The Morgan fingerprint density at radius 3 is 2.22 bits per heavy atom. The van der Waals surface area contributed by atoms with Crippen molar-refractivity contribution >= 4 is 33.8 Å². The lowest BCUT2D eigenvalue weighted by molar-refractivity contribution is 0.0631. The first kappa shape index (κ1) is 15.6. The number of carbonyl (C=O) groups is 2. The van der Waals surface area contributed by atoms with Crippen molar-refractivity contribution in [3.8, 4) is 5.75 Å². The summed E-state index contributed by atoms with van der Waals surface area (Å²) in [6.45, 7) is 0.434. The van der Waals surface area contributed by atoms with E-state index in [1.54, 1.807) is 24.3 Å². The maximum absolute atomic E-state index is 12.4. The lowest BCUT2D eigenvalue weighted by Gasteiger charge is -2.14. The Balaban J connectivity index is 1.33. The van der Waals surface area contributed by atoms with Crippen molar-refractivity contribution < 1.29 is 18.7 Å². The second-order valence-electron chi connectivity index (χ2n) is 6.41. The topological polar surface area (TPSA) is 59.8 Å². The summed E-state index contributed by atoms with van der Waals surface area (Å²) in [6, 6.07) is 20.3. The zero-order valence-electron chi connectivity index (χ0n) is 14.3. The number of nitrogens with zero attached hydrogens (tertiary/aromatic N) is 1. The van der Waals surface area contributed by atoms with E-state index >= 15 is 0 Å². The van der Waals surface area contributed by atoms with Crippen LogP contribution in [0, 0.1) is 0 Å². The van der Waals surface area contributed by atoms with Gasteiger partial charge in [-0.3, -0.25) is 14.5 Å². The molecule has 0 spiro atoms. The predicted octanol–water partition coefficient (Wildman–Crippen LogP) is 4.26. The number of rotatable bonds is 4. The summed E-state index contributed by atoms with van der Waals surface area (Å²) >= 11 is 0. The highest BCUT2D eigenvalue weighted by Crippen LogP contribution is 2.31. The van der Waals surface area contributed by atoms with E-state index in [9.17, 15) is 9.59 Å². The van der Waals surface area contributed by atoms with Gasteiger partial charge in [0, 0.05) is 10.8 Å². The summed E-state index contributed by atoms with van der Waals surface area (Å²) in [6.07, 6.45) is 0. The number of imide groups is 1. The van der Waals surface area contributed by atoms with Crippen molar-refractivity contribution in [2.45, 2.75) is 0 Å². The minimum atomic E-state index is -0.268. The molecular formula is C22H15NO4. The zero-order chi connectivity index (χ0) is 18.4. The molecule has 0 N–H and O–H groups in total. The molecule has 2 amide bonds. The molecule has 1 aromatic heterocycles. The molecule has 0 radical (unpaired) electrons. The standard InChI is InChI=1S/C22H15NO4/c24-21-16-6-1-2-7-17(16)22(25)23(21)11-12-26-14-9-10-20-18(13-14)15-5-3-4-8-19(15)27-20/h1-10,13H,11-12H2. The second-order valence-corrected chi connectivity index (χ2v) is 6.41. The molecule has 0 aliphatic carbocycles. The monoisotopic (exact) mass is 357 g/mol. The largest absolute Gasteiger partial charge is 0.492 e. The fourth-order valence-corrected chi connectivity index (χ4v) is 3.49. The Morgan fingerprint density at radius 2 is 1.44 bits per heavy atom. The van der Waals surface area contributed by atoms with Crippen LogP contribution in [0.4, 0.5) is 0 Å². The van der Waals surface area contributed by atoms with E-state index < -0.39 is 0 Å². The summed E-state index contributed by atoms with van der Waals surface area (Å²) in [5.74, 6) is 0.136. The number of hydrogen-bond donors (Lipinski definition) is 0. The Bertz CT molecular complexity index is 1170. The molecule has 0 bridgehead atoms. The SMILES string of the molecule is O=C1c2ccccc2C(=O)N1CCOc1ccc2oc3ccccc3c2c1. The molecule has 5 rings (SSSR count). The number of fused-ring (bicyclic) bond motifs is 4. The molecule has 5 heteroatoms. The van der Waals surface area contributed by atoms with Crippen molar-refractivity contribution in [1.82, 2.24) is 4.90 Å². The van der Waals surface area contributed by atoms with Crippen LogP contribution in [0.5, 0.6) is 5.75 Å². The molecule has 1 aliphatic heterocycles. The first-order chi connectivity index (χ1) is 13.2. The highest BCUT2D eigenvalue weighted by atomic mass is 16.5. The number of benzene rings is 3. The average molecular weight is 357 g/mol. The van der Waals surface area contributed by atoms with E-state index in [1.165, 1.54) is 4.90 Å². The molecule has 5 nitrogen and oxygen atoms in total. The molecule has 0 unspecified atom stereocenters. The molecule has 27 heavy (non-hydrogen) atoms. The van der Waals surface area contributed by atoms with Gasteiger partial charge in [0.1, 0.15) is 23.5 Å². The summed E-state index contributed by atoms with van der Waals surface area (Å²) < 4.78 is 11.6. The molecule has 0 fully saturated rings. The molecule has 3 aromatic carbocycles. The van der Waals surface area contributed by atoms with Gasteiger partial charge in [0.05, 0.1) is 17.7 Å². The predicted molar refractivity (Wildman–Crippen MR) is 101 cm³/mol. The van der Waals surface area contributed by atoms with Gasteiger partial charge in [-0.15, -0.1) is 0 Å². The highest BCUT2D eigenvalue weighted by Gasteiger charge is 2.34. The maximum Gasteiger partial charge on any atom is 0.261 e. The highest BCUT2D eigenvalue weighted by molar-refractivity contribution is 6.21. The number of hydrogen-bond acceptors (Lipinski definition) is 4. The number of furan rings is 1. The van der Waals surface area contributed by atoms with Crippen molar-refractivity contribution in [3.63, 3.8) is 0 Å². The van der Waals surface area contributed by atoms with Crippen LogP contribution in [0.2, 0.25) is 0 Å². The molecule has 1 aliphatic rings. The van der Waals surface area contributed by atoms with Gasteiger partial charge in [-0.05, 0) is 36.4 Å². The number of ether oxygens (including phenoxy) is 1. The molecule has 2 heterocycles. The number of amides is 2. The first-order valence-electron chi connectivity index (χ1n) is 8.72. The molecular weight excluding hydrogens is 342 g/mol. The summed E-state index contributed by atoms with van der Waals surface area (Å²) in [5.41, 5.74) is 2.53. The minimum Gasteiger partial charge on any atom is -0.492 e. The Hall–Kier alpha value is -3.60. The van der Waals surface area contributed by atoms with Crippen LogP contribution in [-0.2, 0) is 0 Å². The summed E-state index contributed by atoms with van der Waals surface area (Å²) in [4.78, 5) is 26.0.